The Balaban J connectivity index is 1.66. The number of ether oxygens (including phenoxy) is 1. The van der Waals surface area contributed by atoms with Gasteiger partial charge in [-0.25, -0.2) is 4.79 Å². The summed E-state index contributed by atoms with van der Waals surface area (Å²) < 4.78 is 6.16. The molecule has 1 heterocycles. The molecule has 182 valence electrons. The third-order valence-electron chi connectivity index (χ3n) is 5.93. The average molecular weight is 538 g/mol. The van der Waals surface area contributed by atoms with Crippen molar-refractivity contribution >= 4 is 39.2 Å². The van der Waals surface area contributed by atoms with Gasteiger partial charge >= 0.3 is 6.03 Å². The number of amides is 3. The minimum atomic E-state index is -2.27. The fraction of sp³-hybridized carbons (Fsp3) is 0.259. The number of anilines is 2. The summed E-state index contributed by atoms with van der Waals surface area (Å²) in [5.74, 6) is -0.0551. The smallest absolute Gasteiger partial charge is 0.329 e. The summed E-state index contributed by atoms with van der Waals surface area (Å²) in [4.78, 5) is 28.0. The molecule has 0 saturated carbocycles. The second-order valence-electron chi connectivity index (χ2n) is 8.45. The number of nitrogens with one attached hydrogen (secondary N) is 2. The summed E-state index contributed by atoms with van der Waals surface area (Å²) in [6.07, 6.45) is 1.44. The maximum atomic E-state index is 13.7. The topological polar surface area (TPSA) is 90.9 Å². The number of aryl methyl sites for hydroxylation is 1. The van der Waals surface area contributed by atoms with Crippen LogP contribution in [0.1, 0.15) is 31.4 Å². The van der Waals surface area contributed by atoms with E-state index in [1.807, 2.05) is 44.2 Å². The Kier molecular flexibility index (Phi) is 7.42. The molecule has 3 amide bonds. The molecule has 4 rings (SSSR count). The Morgan fingerprint density at radius 3 is 2.54 bits per heavy atom. The van der Waals surface area contributed by atoms with E-state index >= 15 is 0 Å². The average Bonchev–Trinajstić information content (AvgIpc) is 2.85. The lowest BCUT2D eigenvalue weighted by Gasteiger charge is -2.43. The monoisotopic (exact) mass is 537 g/mol. The summed E-state index contributed by atoms with van der Waals surface area (Å²) in [7, 11) is 0. The van der Waals surface area contributed by atoms with Crippen molar-refractivity contribution in [3.8, 4) is 5.75 Å². The predicted molar refractivity (Wildman–Crippen MR) is 140 cm³/mol. The first-order valence-electron chi connectivity index (χ1n) is 11.5. The lowest BCUT2D eigenvalue weighted by atomic mass is 9.94. The van der Waals surface area contributed by atoms with Crippen LogP contribution in [0.4, 0.5) is 16.2 Å². The maximum absolute atomic E-state index is 13.7. The van der Waals surface area contributed by atoms with Crippen LogP contribution in [0.2, 0.25) is 0 Å². The molecule has 3 aromatic carbocycles. The quantitative estimate of drug-likeness (QED) is 0.369. The van der Waals surface area contributed by atoms with Crippen LogP contribution in [0.15, 0.2) is 77.3 Å². The van der Waals surface area contributed by atoms with Gasteiger partial charge in [0.05, 0.1) is 12.3 Å². The van der Waals surface area contributed by atoms with E-state index in [2.05, 4.69) is 26.6 Å². The predicted octanol–water partition coefficient (Wildman–Crippen LogP) is 5.18. The van der Waals surface area contributed by atoms with E-state index in [1.165, 1.54) is 0 Å². The largest absolute Gasteiger partial charge is 0.494 e. The van der Waals surface area contributed by atoms with Crippen LogP contribution < -0.4 is 20.3 Å². The van der Waals surface area contributed by atoms with Crippen molar-refractivity contribution < 1.29 is 19.4 Å². The van der Waals surface area contributed by atoms with E-state index < -0.39 is 17.7 Å². The number of urea groups is 1. The van der Waals surface area contributed by atoms with Crippen LogP contribution in [0.3, 0.4) is 0 Å². The molecule has 0 unspecified atom stereocenters. The molecule has 7 nitrogen and oxygen atoms in total. The summed E-state index contributed by atoms with van der Waals surface area (Å²) in [5.41, 5.74) is -0.112. The number of carbonyl (C=O) groups is 2. The first-order valence-corrected chi connectivity index (χ1v) is 12.3. The number of fused-ring (bicyclic) bond motifs is 1. The molecule has 0 bridgehead atoms. The third kappa shape index (κ3) is 5.18. The van der Waals surface area contributed by atoms with Crippen LogP contribution in [0, 0.1) is 0 Å². The van der Waals surface area contributed by atoms with Gasteiger partial charge in [0.15, 0.2) is 0 Å². The zero-order chi connectivity index (χ0) is 25.0. The molecule has 0 aliphatic carbocycles. The molecule has 3 N–H and O–H groups in total. The van der Waals surface area contributed by atoms with Crippen molar-refractivity contribution in [3.05, 3.63) is 88.4 Å². The SMILES string of the molecule is CCOc1ccc(N2C(=O)Nc3ccc(Br)cc3[C@]2(O)C(=O)N[C@@H](C)CCc2ccccc2)cc1. The molecule has 0 spiro atoms. The van der Waals surface area contributed by atoms with Crippen LogP contribution in [0.5, 0.6) is 5.75 Å². The highest BCUT2D eigenvalue weighted by Crippen LogP contribution is 2.41. The van der Waals surface area contributed by atoms with E-state index in [0.29, 0.717) is 34.6 Å². The highest BCUT2D eigenvalue weighted by atomic mass is 79.9. The minimum Gasteiger partial charge on any atom is -0.494 e. The van der Waals surface area contributed by atoms with E-state index in [4.69, 9.17) is 4.74 Å². The molecule has 0 radical (unpaired) electrons. The van der Waals surface area contributed by atoms with E-state index in [-0.39, 0.29) is 11.6 Å². The zero-order valence-electron chi connectivity index (χ0n) is 19.6. The molecule has 8 heteroatoms. The van der Waals surface area contributed by atoms with E-state index in [0.717, 1.165) is 16.9 Å². The number of rotatable bonds is 8. The number of hydrogen-bond acceptors (Lipinski definition) is 4. The fourth-order valence-electron chi connectivity index (χ4n) is 4.16. The Bertz CT molecular complexity index is 1200. The summed E-state index contributed by atoms with van der Waals surface area (Å²) >= 11 is 3.42. The van der Waals surface area contributed by atoms with E-state index in [9.17, 15) is 14.7 Å². The van der Waals surface area contributed by atoms with Crippen LogP contribution in [0.25, 0.3) is 0 Å². The van der Waals surface area contributed by atoms with Crippen molar-refractivity contribution in [3.63, 3.8) is 0 Å². The Labute approximate surface area is 213 Å². The zero-order valence-corrected chi connectivity index (χ0v) is 21.2. The Morgan fingerprint density at radius 1 is 1.14 bits per heavy atom. The van der Waals surface area contributed by atoms with Crippen molar-refractivity contribution in [2.24, 2.45) is 0 Å². The molecule has 1 aliphatic rings. The van der Waals surface area contributed by atoms with Gasteiger partial charge < -0.3 is 20.5 Å². The number of aliphatic hydroxyl groups is 1. The van der Waals surface area contributed by atoms with Crippen molar-refractivity contribution in [2.75, 3.05) is 16.8 Å². The van der Waals surface area contributed by atoms with Gasteiger partial charge in [0.25, 0.3) is 11.6 Å². The Morgan fingerprint density at radius 2 is 1.86 bits per heavy atom. The molecule has 2 atom stereocenters. The van der Waals surface area contributed by atoms with Crippen LogP contribution in [-0.4, -0.2) is 29.7 Å². The maximum Gasteiger partial charge on any atom is 0.329 e. The summed E-state index contributed by atoms with van der Waals surface area (Å²) in [6.45, 7) is 4.26. The molecule has 35 heavy (non-hydrogen) atoms. The molecular weight excluding hydrogens is 510 g/mol. The summed E-state index contributed by atoms with van der Waals surface area (Å²) in [5, 5.41) is 17.7. The van der Waals surface area contributed by atoms with Gasteiger partial charge in [-0.3, -0.25) is 9.69 Å². The van der Waals surface area contributed by atoms with Gasteiger partial charge in [-0.2, -0.15) is 0 Å². The Hall–Kier alpha value is -3.36. The second-order valence-corrected chi connectivity index (χ2v) is 9.37. The first-order chi connectivity index (χ1) is 16.8. The highest BCUT2D eigenvalue weighted by Gasteiger charge is 2.52. The van der Waals surface area contributed by atoms with E-state index in [1.54, 1.807) is 42.5 Å². The highest BCUT2D eigenvalue weighted by molar-refractivity contribution is 9.10. The summed E-state index contributed by atoms with van der Waals surface area (Å²) in [6, 6.07) is 20.9. The standard InChI is InChI=1S/C27H28BrN3O4/c1-3-35-22-14-12-21(13-15-22)31-26(33)30-24-16-11-20(28)17-23(24)27(31,34)25(32)29-18(2)9-10-19-7-5-4-6-8-19/h4-8,11-18,34H,3,9-10H2,1-2H3,(H,29,32)(H,30,33)/t18-,27-/m0/s1. The lowest BCUT2D eigenvalue weighted by Crippen LogP contribution is -2.63. The number of halogens is 1. The second kappa shape index (κ2) is 10.5. The minimum absolute atomic E-state index is 0.241. The van der Waals surface area contributed by atoms with Gasteiger partial charge in [0, 0.05) is 21.8 Å². The van der Waals surface area contributed by atoms with Gasteiger partial charge in [0.2, 0.25) is 0 Å². The molecule has 0 fully saturated rings. The fourth-order valence-corrected chi connectivity index (χ4v) is 4.52. The molecule has 3 aromatic rings. The lowest BCUT2D eigenvalue weighted by molar-refractivity contribution is -0.141. The number of carbonyl (C=O) groups excluding carboxylic acids is 2. The van der Waals surface area contributed by atoms with Gasteiger partial charge in [-0.05, 0) is 74.7 Å². The number of hydrogen-bond donors (Lipinski definition) is 3. The number of nitrogens with zero attached hydrogens (tertiary/aromatic N) is 1. The first kappa shape index (κ1) is 24.8. The third-order valence-corrected chi connectivity index (χ3v) is 6.43. The molecule has 1 aliphatic heterocycles. The van der Waals surface area contributed by atoms with Gasteiger partial charge in [-0.1, -0.05) is 46.3 Å². The van der Waals surface area contributed by atoms with Crippen LogP contribution >= 0.6 is 15.9 Å². The van der Waals surface area contributed by atoms with Crippen molar-refractivity contribution in [1.82, 2.24) is 5.32 Å². The molecule has 0 aromatic heterocycles. The number of benzene rings is 3. The normalized spacial score (nSPS) is 17.8. The van der Waals surface area contributed by atoms with Crippen LogP contribution in [-0.2, 0) is 16.9 Å². The van der Waals surface area contributed by atoms with Crippen molar-refractivity contribution in [1.29, 1.82) is 0 Å². The van der Waals surface area contributed by atoms with Crippen molar-refractivity contribution in [2.45, 2.75) is 38.5 Å². The van der Waals surface area contributed by atoms with Gasteiger partial charge in [-0.15, -0.1) is 0 Å². The molecule has 0 saturated heterocycles. The molecular formula is C27H28BrN3O4. The van der Waals surface area contributed by atoms with Gasteiger partial charge in [0.1, 0.15) is 5.75 Å².